The molecule has 154 valence electrons. The average Bonchev–Trinajstić information content (AvgIpc) is 3.24. The van der Waals surface area contributed by atoms with Crippen molar-refractivity contribution in [2.45, 2.75) is 5.16 Å². The first-order valence-corrected chi connectivity index (χ1v) is 10.5. The van der Waals surface area contributed by atoms with Gasteiger partial charge in [-0.25, -0.2) is 5.43 Å². The maximum atomic E-state index is 12.3. The molecule has 0 saturated carbocycles. The number of aromatic hydroxyl groups is 1. The van der Waals surface area contributed by atoms with Gasteiger partial charge in [-0.15, -0.1) is 5.10 Å². The molecule has 4 aromatic rings. The van der Waals surface area contributed by atoms with Gasteiger partial charge in [-0.2, -0.15) is 9.67 Å². The first kappa shape index (κ1) is 20.4. The Morgan fingerprint density at radius 1 is 1.03 bits per heavy atom. The average molecular weight is 431 g/mol. The number of carbonyl (C=O) groups is 1. The van der Waals surface area contributed by atoms with Crippen LogP contribution in [0.5, 0.6) is 5.75 Å². The van der Waals surface area contributed by atoms with Crippen LogP contribution in [0.25, 0.3) is 17.1 Å². The van der Waals surface area contributed by atoms with Gasteiger partial charge in [0.1, 0.15) is 11.4 Å². The van der Waals surface area contributed by atoms with E-state index in [9.17, 15) is 9.90 Å². The van der Waals surface area contributed by atoms with Gasteiger partial charge in [-0.1, -0.05) is 36.4 Å². The first-order valence-electron chi connectivity index (χ1n) is 9.56. The van der Waals surface area contributed by atoms with Crippen molar-refractivity contribution < 1.29 is 14.5 Å². The lowest BCUT2D eigenvalue weighted by Crippen LogP contribution is -2.34. The van der Waals surface area contributed by atoms with E-state index < -0.39 is 0 Å². The fourth-order valence-electron chi connectivity index (χ4n) is 2.90. The van der Waals surface area contributed by atoms with Crippen molar-refractivity contribution in [3.8, 4) is 22.8 Å². The SMILES string of the molecule is O=C(CSc1n[nH]c(-c2ccccc2)[n+]1-c1ccccc1)N/N=C/c1ccc(O)cc1. The minimum absolute atomic E-state index is 0.152. The largest absolute Gasteiger partial charge is 0.508 e. The Bertz CT molecular complexity index is 1180. The van der Waals surface area contributed by atoms with E-state index in [1.165, 1.54) is 18.0 Å². The molecule has 0 radical (unpaired) electrons. The van der Waals surface area contributed by atoms with Crippen molar-refractivity contribution in [3.63, 3.8) is 0 Å². The number of rotatable bonds is 7. The lowest BCUT2D eigenvalue weighted by molar-refractivity contribution is -0.625. The minimum Gasteiger partial charge on any atom is -0.508 e. The molecule has 3 N–H and O–H groups in total. The second-order valence-electron chi connectivity index (χ2n) is 6.57. The number of aromatic amines is 1. The number of thioether (sulfide) groups is 1. The highest BCUT2D eigenvalue weighted by atomic mass is 32.2. The number of benzene rings is 3. The molecule has 3 aromatic carbocycles. The van der Waals surface area contributed by atoms with Crippen molar-refractivity contribution in [1.29, 1.82) is 0 Å². The number of hydrogen-bond donors (Lipinski definition) is 3. The number of H-pyrrole nitrogens is 1. The molecule has 0 saturated heterocycles. The van der Waals surface area contributed by atoms with Crippen LogP contribution >= 0.6 is 11.8 Å². The van der Waals surface area contributed by atoms with Crippen LogP contribution in [0.2, 0.25) is 0 Å². The Hall–Kier alpha value is -3.91. The highest BCUT2D eigenvalue weighted by molar-refractivity contribution is 7.99. The summed E-state index contributed by atoms with van der Waals surface area (Å²) in [7, 11) is 0. The number of aromatic nitrogens is 3. The molecule has 0 unspecified atom stereocenters. The Morgan fingerprint density at radius 3 is 2.42 bits per heavy atom. The first-order chi connectivity index (χ1) is 15.2. The Balaban J connectivity index is 1.47. The van der Waals surface area contributed by atoms with E-state index in [1.54, 1.807) is 24.3 Å². The summed E-state index contributed by atoms with van der Waals surface area (Å²) in [6.45, 7) is 0. The number of hydrogen-bond acceptors (Lipinski definition) is 5. The topological polar surface area (TPSA) is 94.3 Å². The maximum absolute atomic E-state index is 12.3. The van der Waals surface area contributed by atoms with E-state index in [0.29, 0.717) is 5.16 Å². The molecule has 0 bridgehead atoms. The van der Waals surface area contributed by atoms with Gasteiger partial charge in [0.15, 0.2) is 0 Å². The van der Waals surface area contributed by atoms with Gasteiger partial charge in [0, 0.05) is 0 Å². The van der Waals surface area contributed by atoms with Gasteiger partial charge in [-0.05, 0) is 65.9 Å². The summed E-state index contributed by atoms with van der Waals surface area (Å²) in [5.41, 5.74) is 5.23. The van der Waals surface area contributed by atoms with Crippen molar-refractivity contribution >= 4 is 23.9 Å². The second kappa shape index (κ2) is 9.73. The van der Waals surface area contributed by atoms with E-state index in [0.717, 1.165) is 22.6 Å². The predicted molar refractivity (Wildman–Crippen MR) is 120 cm³/mol. The smallest absolute Gasteiger partial charge is 0.342 e. The highest BCUT2D eigenvalue weighted by Gasteiger charge is 2.24. The van der Waals surface area contributed by atoms with E-state index >= 15 is 0 Å². The van der Waals surface area contributed by atoms with Crippen LogP contribution in [-0.4, -0.2) is 33.2 Å². The van der Waals surface area contributed by atoms with Crippen molar-refractivity contribution in [3.05, 3.63) is 90.5 Å². The maximum Gasteiger partial charge on any atom is 0.342 e. The van der Waals surface area contributed by atoms with Gasteiger partial charge in [0.05, 0.1) is 22.6 Å². The van der Waals surface area contributed by atoms with Gasteiger partial charge >= 0.3 is 5.16 Å². The van der Waals surface area contributed by atoms with Crippen LogP contribution in [0.4, 0.5) is 0 Å². The number of carbonyl (C=O) groups excluding carboxylic acids is 1. The predicted octanol–water partition coefficient (Wildman–Crippen LogP) is 3.30. The van der Waals surface area contributed by atoms with Gasteiger partial charge < -0.3 is 5.11 Å². The molecule has 31 heavy (non-hydrogen) atoms. The second-order valence-corrected chi connectivity index (χ2v) is 7.51. The number of nitrogens with one attached hydrogen (secondary N) is 2. The molecule has 1 aromatic heterocycles. The molecular formula is C23H20N5O2S+. The molecule has 0 aliphatic rings. The fraction of sp³-hybridized carbons (Fsp3) is 0.0435. The number of phenols is 1. The van der Waals surface area contributed by atoms with Crippen LogP contribution in [0.1, 0.15) is 5.56 Å². The van der Waals surface area contributed by atoms with E-state index in [-0.39, 0.29) is 17.4 Å². The van der Waals surface area contributed by atoms with Crippen molar-refractivity contribution in [1.82, 2.24) is 15.6 Å². The number of hydrazone groups is 1. The Labute approximate surface area is 183 Å². The van der Waals surface area contributed by atoms with E-state index in [2.05, 4.69) is 20.7 Å². The molecule has 0 atom stereocenters. The summed E-state index contributed by atoms with van der Waals surface area (Å²) in [6.07, 6.45) is 1.52. The molecule has 0 aliphatic carbocycles. The lowest BCUT2D eigenvalue weighted by atomic mass is 10.2. The van der Waals surface area contributed by atoms with Gasteiger partial charge in [-0.3, -0.25) is 4.79 Å². The summed E-state index contributed by atoms with van der Waals surface area (Å²) in [6, 6.07) is 26.3. The minimum atomic E-state index is -0.246. The third-order valence-corrected chi connectivity index (χ3v) is 5.30. The van der Waals surface area contributed by atoms with Crippen molar-refractivity contribution in [2.24, 2.45) is 5.10 Å². The van der Waals surface area contributed by atoms with E-state index in [4.69, 9.17) is 0 Å². The van der Waals surface area contributed by atoms with E-state index in [1.807, 2.05) is 65.2 Å². The summed E-state index contributed by atoms with van der Waals surface area (Å²) in [4.78, 5) is 12.3. The number of phenolic OH excluding ortho intramolecular Hbond substituents is 1. The van der Waals surface area contributed by atoms with Crippen LogP contribution in [0, 0.1) is 0 Å². The zero-order valence-corrected chi connectivity index (χ0v) is 17.3. The molecular weight excluding hydrogens is 410 g/mol. The third-order valence-electron chi connectivity index (χ3n) is 4.36. The number of amides is 1. The quantitative estimate of drug-likeness (QED) is 0.181. The van der Waals surface area contributed by atoms with Crippen LogP contribution < -0.4 is 9.99 Å². The normalized spacial score (nSPS) is 11.0. The summed E-state index contributed by atoms with van der Waals surface area (Å²) in [5, 5.41) is 21.5. The number of para-hydroxylation sites is 1. The Morgan fingerprint density at radius 2 is 1.71 bits per heavy atom. The highest BCUT2D eigenvalue weighted by Crippen LogP contribution is 2.20. The molecule has 0 spiro atoms. The molecule has 7 nitrogen and oxygen atoms in total. The Kier molecular flexibility index (Phi) is 6.39. The third kappa shape index (κ3) is 5.18. The summed E-state index contributed by atoms with van der Waals surface area (Å²) < 4.78 is 1.99. The fourth-order valence-corrected chi connectivity index (χ4v) is 3.66. The monoisotopic (exact) mass is 430 g/mol. The molecule has 4 rings (SSSR count). The molecule has 1 heterocycles. The van der Waals surface area contributed by atoms with Gasteiger partial charge in [0.2, 0.25) is 0 Å². The molecule has 8 heteroatoms. The van der Waals surface area contributed by atoms with Crippen LogP contribution in [0.15, 0.2) is 95.2 Å². The molecule has 0 fully saturated rings. The van der Waals surface area contributed by atoms with Crippen LogP contribution in [0.3, 0.4) is 0 Å². The zero-order valence-electron chi connectivity index (χ0n) is 16.5. The number of nitrogens with zero attached hydrogens (tertiary/aromatic N) is 3. The summed E-state index contributed by atoms with van der Waals surface area (Å²) in [5.74, 6) is 0.917. The standard InChI is InChI=1S/C23H19N5O2S/c29-20-13-11-17(12-14-20)15-24-25-21(30)16-31-23-27-26-22(18-7-3-1-4-8-18)28(23)19-9-5-2-6-10-19/h1-15H,16H2,(H2,24,25,29,30)/p+1. The molecule has 1 amide bonds. The van der Waals surface area contributed by atoms with Crippen molar-refractivity contribution in [2.75, 3.05) is 5.75 Å². The molecule has 0 aliphatic heterocycles. The summed E-state index contributed by atoms with van der Waals surface area (Å²) >= 11 is 1.32. The van der Waals surface area contributed by atoms with Crippen LogP contribution in [-0.2, 0) is 4.79 Å². The van der Waals surface area contributed by atoms with Gasteiger partial charge in [0.25, 0.3) is 11.7 Å². The lowest BCUT2D eigenvalue weighted by Gasteiger charge is -2.04. The zero-order chi connectivity index (χ0) is 21.5.